The average Bonchev–Trinajstić information content (AvgIpc) is 2.60. The molecule has 0 aliphatic carbocycles. The maximum absolute atomic E-state index is 12.2. The lowest BCUT2D eigenvalue weighted by Gasteiger charge is -2.30. The van der Waals surface area contributed by atoms with Crippen LogP contribution < -0.4 is 10.1 Å². The quantitative estimate of drug-likeness (QED) is 0.714. The van der Waals surface area contributed by atoms with Gasteiger partial charge in [-0.25, -0.2) is 12.7 Å². The fourth-order valence-electron chi connectivity index (χ4n) is 2.82. The maximum atomic E-state index is 12.2. The summed E-state index contributed by atoms with van der Waals surface area (Å²) in [5.41, 5.74) is 0.608. The monoisotopic (exact) mass is 368 g/mol. The van der Waals surface area contributed by atoms with Crippen molar-refractivity contribution in [2.45, 2.75) is 32.6 Å². The topological polar surface area (TPSA) is 75.7 Å². The van der Waals surface area contributed by atoms with Gasteiger partial charge in [0.05, 0.1) is 12.9 Å². The lowest BCUT2D eigenvalue weighted by atomic mass is 9.98. The van der Waals surface area contributed by atoms with E-state index in [4.69, 9.17) is 4.74 Å². The molecular weight excluding hydrogens is 340 g/mol. The number of piperidine rings is 1. The van der Waals surface area contributed by atoms with E-state index in [1.165, 1.54) is 10.6 Å². The van der Waals surface area contributed by atoms with Gasteiger partial charge >= 0.3 is 0 Å². The Morgan fingerprint density at radius 3 is 2.44 bits per heavy atom. The normalized spacial score (nSPS) is 16.6. The summed E-state index contributed by atoms with van der Waals surface area (Å²) in [6.45, 7) is 4.44. The van der Waals surface area contributed by atoms with Crippen molar-refractivity contribution in [1.82, 2.24) is 9.62 Å². The molecule has 1 aromatic carbocycles. The van der Waals surface area contributed by atoms with Crippen LogP contribution in [-0.2, 0) is 10.0 Å². The molecule has 6 nitrogen and oxygen atoms in total. The highest BCUT2D eigenvalue weighted by atomic mass is 32.2. The predicted molar refractivity (Wildman–Crippen MR) is 98.3 cm³/mol. The molecule has 2 rings (SSSR count). The first-order valence-corrected chi connectivity index (χ1v) is 10.7. The average molecular weight is 368 g/mol. The van der Waals surface area contributed by atoms with Crippen LogP contribution in [0, 0.1) is 5.92 Å². The van der Waals surface area contributed by atoms with Crippen LogP contribution in [-0.4, -0.2) is 51.1 Å². The van der Waals surface area contributed by atoms with Crippen LogP contribution in [0.1, 0.15) is 43.0 Å². The van der Waals surface area contributed by atoms with Gasteiger partial charge in [-0.2, -0.15) is 0 Å². The number of rotatable bonds is 8. The SMILES string of the molecule is CCCCOc1ccc(C(=O)NCC2CCN(S(C)(=O)=O)CC2)cc1. The van der Waals surface area contributed by atoms with Gasteiger partial charge in [0.25, 0.3) is 5.91 Å². The zero-order valence-electron chi connectivity index (χ0n) is 15.0. The molecule has 0 bridgehead atoms. The van der Waals surface area contributed by atoms with Crippen molar-refractivity contribution < 1.29 is 17.9 Å². The fraction of sp³-hybridized carbons (Fsp3) is 0.611. The number of carbonyl (C=O) groups is 1. The van der Waals surface area contributed by atoms with Crippen molar-refractivity contribution in [3.8, 4) is 5.75 Å². The molecule has 1 saturated heterocycles. The van der Waals surface area contributed by atoms with Gasteiger partial charge in [-0.3, -0.25) is 4.79 Å². The van der Waals surface area contributed by atoms with Crippen molar-refractivity contribution in [2.24, 2.45) is 5.92 Å². The molecule has 1 heterocycles. The van der Waals surface area contributed by atoms with Gasteiger partial charge in [0, 0.05) is 25.2 Å². The first-order valence-electron chi connectivity index (χ1n) is 8.86. The van der Waals surface area contributed by atoms with Crippen molar-refractivity contribution in [3.05, 3.63) is 29.8 Å². The van der Waals surface area contributed by atoms with Crippen LogP contribution >= 0.6 is 0 Å². The highest BCUT2D eigenvalue weighted by Crippen LogP contribution is 2.19. The number of ether oxygens (including phenoxy) is 1. The van der Waals surface area contributed by atoms with Gasteiger partial charge in [-0.1, -0.05) is 13.3 Å². The minimum atomic E-state index is -3.10. The van der Waals surface area contributed by atoms with Gasteiger partial charge in [-0.15, -0.1) is 0 Å². The number of amides is 1. The third-order valence-electron chi connectivity index (χ3n) is 4.48. The van der Waals surface area contributed by atoms with E-state index in [0.717, 1.165) is 31.4 Å². The molecule has 25 heavy (non-hydrogen) atoms. The smallest absolute Gasteiger partial charge is 0.251 e. The highest BCUT2D eigenvalue weighted by Gasteiger charge is 2.25. The molecule has 1 N–H and O–H groups in total. The van der Waals surface area contributed by atoms with Gasteiger partial charge < -0.3 is 10.1 Å². The summed E-state index contributed by atoms with van der Waals surface area (Å²) in [5.74, 6) is 0.988. The highest BCUT2D eigenvalue weighted by molar-refractivity contribution is 7.88. The summed E-state index contributed by atoms with van der Waals surface area (Å²) >= 11 is 0. The zero-order valence-corrected chi connectivity index (χ0v) is 15.8. The Morgan fingerprint density at radius 1 is 1.24 bits per heavy atom. The van der Waals surface area contributed by atoms with Crippen LogP contribution in [0.2, 0.25) is 0 Å². The minimum Gasteiger partial charge on any atom is -0.494 e. The largest absolute Gasteiger partial charge is 0.494 e. The number of hydrogen-bond acceptors (Lipinski definition) is 4. The summed E-state index contributed by atoms with van der Waals surface area (Å²) in [6.07, 6.45) is 4.89. The molecule has 0 saturated carbocycles. The predicted octanol–water partition coefficient (Wildman–Crippen LogP) is 2.27. The summed E-state index contributed by atoms with van der Waals surface area (Å²) in [4.78, 5) is 12.2. The Morgan fingerprint density at radius 2 is 1.88 bits per heavy atom. The van der Waals surface area contributed by atoms with E-state index in [-0.39, 0.29) is 5.91 Å². The molecule has 0 radical (unpaired) electrons. The molecule has 1 fully saturated rings. The summed E-state index contributed by atoms with van der Waals surface area (Å²) in [5, 5.41) is 2.95. The Kier molecular flexibility index (Phi) is 7.25. The maximum Gasteiger partial charge on any atom is 0.251 e. The van der Waals surface area contributed by atoms with E-state index < -0.39 is 10.0 Å². The van der Waals surface area contributed by atoms with E-state index in [0.29, 0.717) is 37.7 Å². The minimum absolute atomic E-state index is 0.106. The van der Waals surface area contributed by atoms with E-state index in [9.17, 15) is 13.2 Å². The van der Waals surface area contributed by atoms with Crippen LogP contribution in [0.25, 0.3) is 0 Å². The van der Waals surface area contributed by atoms with Crippen molar-refractivity contribution in [1.29, 1.82) is 0 Å². The lowest BCUT2D eigenvalue weighted by molar-refractivity contribution is 0.0941. The number of unbranched alkanes of at least 4 members (excludes halogenated alkanes) is 1. The Labute approximate surface area is 150 Å². The first kappa shape index (κ1) is 19.7. The number of sulfonamides is 1. The third kappa shape index (κ3) is 6.32. The van der Waals surface area contributed by atoms with Gasteiger partial charge in [0.2, 0.25) is 10.0 Å². The molecule has 140 valence electrons. The Hall–Kier alpha value is -1.60. The van der Waals surface area contributed by atoms with E-state index in [2.05, 4.69) is 12.2 Å². The molecular formula is C18H28N2O4S. The zero-order chi connectivity index (χ0) is 18.3. The van der Waals surface area contributed by atoms with Gasteiger partial charge in [0.15, 0.2) is 0 Å². The summed E-state index contributed by atoms with van der Waals surface area (Å²) in [6, 6.07) is 7.16. The van der Waals surface area contributed by atoms with Crippen LogP contribution in [0.15, 0.2) is 24.3 Å². The number of nitrogens with zero attached hydrogens (tertiary/aromatic N) is 1. The second-order valence-electron chi connectivity index (χ2n) is 6.54. The van der Waals surface area contributed by atoms with E-state index >= 15 is 0 Å². The standard InChI is InChI=1S/C18H28N2O4S/c1-3-4-13-24-17-7-5-16(6-8-17)18(21)19-14-15-9-11-20(12-10-15)25(2,22)23/h5-8,15H,3-4,9-14H2,1-2H3,(H,19,21). The fourth-order valence-corrected chi connectivity index (χ4v) is 3.70. The number of benzene rings is 1. The van der Waals surface area contributed by atoms with E-state index in [1.807, 2.05) is 12.1 Å². The third-order valence-corrected chi connectivity index (χ3v) is 5.78. The Bertz CT molecular complexity index is 650. The van der Waals surface area contributed by atoms with E-state index in [1.54, 1.807) is 12.1 Å². The molecule has 1 aromatic rings. The van der Waals surface area contributed by atoms with Gasteiger partial charge in [0.1, 0.15) is 5.75 Å². The van der Waals surface area contributed by atoms with Gasteiger partial charge in [-0.05, 0) is 49.4 Å². The first-order chi connectivity index (χ1) is 11.9. The molecule has 1 aliphatic rings. The lowest BCUT2D eigenvalue weighted by Crippen LogP contribution is -2.41. The second-order valence-corrected chi connectivity index (χ2v) is 8.52. The molecule has 0 aromatic heterocycles. The molecule has 1 amide bonds. The summed E-state index contributed by atoms with van der Waals surface area (Å²) in [7, 11) is -3.10. The van der Waals surface area contributed by atoms with Crippen LogP contribution in [0.4, 0.5) is 0 Å². The molecule has 0 unspecified atom stereocenters. The number of nitrogens with one attached hydrogen (secondary N) is 1. The van der Waals surface area contributed by atoms with Crippen molar-refractivity contribution in [2.75, 3.05) is 32.5 Å². The summed E-state index contributed by atoms with van der Waals surface area (Å²) < 4.78 is 30.1. The second kappa shape index (κ2) is 9.20. The molecule has 0 spiro atoms. The number of hydrogen-bond donors (Lipinski definition) is 1. The van der Waals surface area contributed by atoms with Crippen molar-refractivity contribution >= 4 is 15.9 Å². The Balaban J connectivity index is 1.75. The number of carbonyl (C=O) groups excluding carboxylic acids is 1. The van der Waals surface area contributed by atoms with Crippen LogP contribution in [0.5, 0.6) is 5.75 Å². The molecule has 0 atom stereocenters. The molecule has 1 aliphatic heterocycles. The van der Waals surface area contributed by atoms with Crippen LogP contribution in [0.3, 0.4) is 0 Å². The molecule has 7 heteroatoms. The van der Waals surface area contributed by atoms with Crippen molar-refractivity contribution in [3.63, 3.8) is 0 Å².